The Bertz CT molecular complexity index is 524. The summed E-state index contributed by atoms with van der Waals surface area (Å²) in [6.45, 7) is 1.96. The van der Waals surface area contributed by atoms with Gasteiger partial charge < -0.3 is 5.32 Å². The largest absolute Gasteiger partial charge is 0.324 e. The van der Waals surface area contributed by atoms with Gasteiger partial charge in [-0.15, -0.1) is 0 Å². The molecule has 0 spiro atoms. The fraction of sp³-hybridized carbons (Fsp3) is 0.231. The fourth-order valence-corrected chi connectivity index (χ4v) is 2.03. The lowest BCUT2D eigenvalue weighted by molar-refractivity contribution is -0.119. The van der Waals surface area contributed by atoms with Crippen LogP contribution in [0, 0.1) is 0 Å². The second-order valence-electron chi connectivity index (χ2n) is 3.92. The van der Waals surface area contributed by atoms with Crippen LogP contribution in [0.2, 0.25) is 0 Å². The van der Waals surface area contributed by atoms with Gasteiger partial charge >= 0.3 is 0 Å². The van der Waals surface area contributed by atoms with E-state index in [4.69, 9.17) is 0 Å². The first-order valence-electron chi connectivity index (χ1n) is 5.76. The van der Waals surface area contributed by atoms with Crippen LogP contribution >= 0.6 is 15.9 Å². The standard InChI is InChI=1S/C13H14BrN3O/c1-2-12(17-9-10(14)8-15-17)13(18)16-11-6-4-3-5-7-11/h3-9,12H,2H2,1H3,(H,16,18). The van der Waals surface area contributed by atoms with Crippen LogP contribution < -0.4 is 5.32 Å². The molecule has 0 saturated carbocycles. The second-order valence-corrected chi connectivity index (χ2v) is 4.83. The summed E-state index contributed by atoms with van der Waals surface area (Å²) in [6.07, 6.45) is 4.17. The van der Waals surface area contributed by atoms with Gasteiger partial charge in [0, 0.05) is 11.9 Å². The molecule has 2 rings (SSSR count). The van der Waals surface area contributed by atoms with Crippen molar-refractivity contribution in [1.82, 2.24) is 9.78 Å². The number of rotatable bonds is 4. The third-order valence-electron chi connectivity index (χ3n) is 2.62. The van der Waals surface area contributed by atoms with Gasteiger partial charge in [-0.3, -0.25) is 9.48 Å². The van der Waals surface area contributed by atoms with Crippen molar-refractivity contribution in [3.05, 3.63) is 47.2 Å². The van der Waals surface area contributed by atoms with E-state index in [0.29, 0.717) is 6.42 Å². The van der Waals surface area contributed by atoms with Crippen molar-refractivity contribution in [2.75, 3.05) is 5.32 Å². The van der Waals surface area contributed by atoms with Crippen LogP contribution in [0.3, 0.4) is 0 Å². The first-order chi connectivity index (χ1) is 8.70. The third kappa shape index (κ3) is 2.98. The van der Waals surface area contributed by atoms with Crippen LogP contribution in [0.4, 0.5) is 5.69 Å². The second kappa shape index (κ2) is 5.82. The van der Waals surface area contributed by atoms with E-state index in [0.717, 1.165) is 10.2 Å². The lowest BCUT2D eigenvalue weighted by Gasteiger charge is -2.15. The van der Waals surface area contributed by atoms with Crippen molar-refractivity contribution in [1.29, 1.82) is 0 Å². The van der Waals surface area contributed by atoms with Gasteiger partial charge in [0.15, 0.2) is 0 Å². The number of amides is 1. The van der Waals surface area contributed by atoms with Crippen LogP contribution in [-0.4, -0.2) is 15.7 Å². The van der Waals surface area contributed by atoms with Crippen molar-refractivity contribution < 1.29 is 4.79 Å². The van der Waals surface area contributed by atoms with Crippen LogP contribution in [0.5, 0.6) is 0 Å². The minimum Gasteiger partial charge on any atom is -0.324 e. The molecule has 2 aromatic rings. The molecule has 0 bridgehead atoms. The zero-order valence-electron chi connectivity index (χ0n) is 10.0. The minimum atomic E-state index is -0.295. The highest BCUT2D eigenvalue weighted by molar-refractivity contribution is 9.10. The highest BCUT2D eigenvalue weighted by Crippen LogP contribution is 2.17. The van der Waals surface area contributed by atoms with Gasteiger partial charge in [-0.05, 0) is 34.5 Å². The Kier molecular flexibility index (Phi) is 4.15. The van der Waals surface area contributed by atoms with Crippen LogP contribution in [0.15, 0.2) is 47.2 Å². The molecular formula is C13H14BrN3O. The molecular weight excluding hydrogens is 294 g/mol. The van der Waals surface area contributed by atoms with Crippen LogP contribution in [-0.2, 0) is 4.79 Å². The summed E-state index contributed by atoms with van der Waals surface area (Å²) in [6, 6.07) is 9.13. The van der Waals surface area contributed by atoms with Gasteiger partial charge in [0.1, 0.15) is 6.04 Å². The molecule has 0 aliphatic rings. The summed E-state index contributed by atoms with van der Waals surface area (Å²) in [5.41, 5.74) is 0.798. The summed E-state index contributed by atoms with van der Waals surface area (Å²) in [4.78, 5) is 12.2. The zero-order valence-corrected chi connectivity index (χ0v) is 11.6. The Hall–Kier alpha value is -1.62. The van der Waals surface area contributed by atoms with E-state index < -0.39 is 0 Å². The first-order valence-corrected chi connectivity index (χ1v) is 6.55. The lowest BCUT2D eigenvalue weighted by Crippen LogP contribution is -2.25. The maximum atomic E-state index is 12.2. The van der Waals surface area contributed by atoms with Crippen molar-refractivity contribution in [3.63, 3.8) is 0 Å². The van der Waals surface area contributed by atoms with E-state index in [-0.39, 0.29) is 11.9 Å². The molecule has 0 aliphatic carbocycles. The fourth-order valence-electron chi connectivity index (χ4n) is 1.72. The predicted molar refractivity (Wildman–Crippen MR) is 74.3 cm³/mol. The predicted octanol–water partition coefficient (Wildman–Crippen LogP) is 3.24. The number of halogens is 1. The average molecular weight is 308 g/mol. The molecule has 4 nitrogen and oxygen atoms in total. The quantitative estimate of drug-likeness (QED) is 0.942. The normalized spacial score (nSPS) is 12.1. The number of hydrogen-bond donors (Lipinski definition) is 1. The minimum absolute atomic E-state index is 0.0562. The van der Waals surface area contributed by atoms with Crippen molar-refractivity contribution in [2.24, 2.45) is 0 Å². The Balaban J connectivity index is 2.11. The number of nitrogens with one attached hydrogen (secondary N) is 1. The van der Waals surface area contributed by atoms with E-state index in [1.165, 1.54) is 0 Å². The van der Waals surface area contributed by atoms with Crippen molar-refractivity contribution >= 4 is 27.5 Å². The molecule has 1 N–H and O–H groups in total. The number of hydrogen-bond acceptors (Lipinski definition) is 2. The summed E-state index contributed by atoms with van der Waals surface area (Å²) >= 11 is 3.33. The lowest BCUT2D eigenvalue weighted by atomic mass is 10.2. The summed E-state index contributed by atoms with van der Waals surface area (Å²) in [5.74, 6) is -0.0562. The third-order valence-corrected chi connectivity index (χ3v) is 3.03. The van der Waals surface area contributed by atoms with E-state index in [1.807, 2.05) is 37.3 Å². The first kappa shape index (κ1) is 12.8. The molecule has 1 aromatic carbocycles. The maximum absolute atomic E-state index is 12.2. The molecule has 5 heteroatoms. The Morgan fingerprint density at radius 2 is 2.17 bits per heavy atom. The number of benzene rings is 1. The molecule has 1 heterocycles. The van der Waals surface area contributed by atoms with Gasteiger partial charge in [-0.1, -0.05) is 25.1 Å². The molecule has 1 atom stereocenters. The molecule has 0 fully saturated rings. The monoisotopic (exact) mass is 307 g/mol. The number of para-hydroxylation sites is 1. The molecule has 1 unspecified atom stereocenters. The van der Waals surface area contributed by atoms with Gasteiger partial charge in [0.2, 0.25) is 5.91 Å². The van der Waals surface area contributed by atoms with E-state index in [9.17, 15) is 4.79 Å². The molecule has 0 saturated heterocycles. The SMILES string of the molecule is CCC(C(=O)Nc1ccccc1)n1cc(Br)cn1. The van der Waals surface area contributed by atoms with Gasteiger partial charge in [-0.2, -0.15) is 5.10 Å². The molecule has 94 valence electrons. The van der Waals surface area contributed by atoms with E-state index >= 15 is 0 Å². The Labute approximate surface area is 114 Å². The van der Waals surface area contributed by atoms with Crippen molar-refractivity contribution in [2.45, 2.75) is 19.4 Å². The van der Waals surface area contributed by atoms with E-state index in [2.05, 4.69) is 26.3 Å². The zero-order chi connectivity index (χ0) is 13.0. The number of nitrogens with zero attached hydrogens (tertiary/aromatic N) is 2. The number of anilines is 1. The smallest absolute Gasteiger partial charge is 0.249 e. The Morgan fingerprint density at radius 1 is 1.44 bits per heavy atom. The van der Waals surface area contributed by atoms with Gasteiger partial charge in [-0.25, -0.2) is 0 Å². The number of carbonyl (C=O) groups excluding carboxylic acids is 1. The number of carbonyl (C=O) groups is 1. The van der Waals surface area contributed by atoms with Gasteiger partial charge in [0.25, 0.3) is 0 Å². The van der Waals surface area contributed by atoms with Crippen LogP contribution in [0.1, 0.15) is 19.4 Å². The summed E-state index contributed by atoms with van der Waals surface area (Å²) < 4.78 is 2.54. The molecule has 1 amide bonds. The molecule has 18 heavy (non-hydrogen) atoms. The van der Waals surface area contributed by atoms with Crippen molar-refractivity contribution in [3.8, 4) is 0 Å². The average Bonchev–Trinajstić information content (AvgIpc) is 2.78. The van der Waals surface area contributed by atoms with Gasteiger partial charge in [0.05, 0.1) is 10.7 Å². The molecule has 0 radical (unpaired) electrons. The van der Waals surface area contributed by atoms with Crippen LogP contribution in [0.25, 0.3) is 0 Å². The Morgan fingerprint density at radius 3 is 2.72 bits per heavy atom. The molecule has 0 aliphatic heterocycles. The maximum Gasteiger partial charge on any atom is 0.249 e. The highest BCUT2D eigenvalue weighted by Gasteiger charge is 2.19. The highest BCUT2D eigenvalue weighted by atomic mass is 79.9. The topological polar surface area (TPSA) is 46.9 Å². The van der Waals surface area contributed by atoms with E-state index in [1.54, 1.807) is 17.1 Å². The summed E-state index contributed by atoms with van der Waals surface area (Å²) in [7, 11) is 0. The summed E-state index contributed by atoms with van der Waals surface area (Å²) in [5, 5.41) is 7.04. The molecule has 1 aromatic heterocycles. The number of aromatic nitrogens is 2.